The Bertz CT molecular complexity index is 521. The van der Waals surface area contributed by atoms with Crippen molar-refractivity contribution >= 4 is 28.0 Å². The van der Waals surface area contributed by atoms with Crippen molar-refractivity contribution in [3.63, 3.8) is 0 Å². The largest absolute Gasteiger partial charge is 0.481 e. The van der Waals surface area contributed by atoms with Crippen LogP contribution in [0.5, 0.6) is 0 Å². The second kappa shape index (κ2) is 6.47. The van der Waals surface area contributed by atoms with Crippen LogP contribution in [0.15, 0.2) is 28.7 Å². The van der Waals surface area contributed by atoms with E-state index in [0.717, 1.165) is 4.47 Å². The summed E-state index contributed by atoms with van der Waals surface area (Å²) in [5, 5.41) is 11.8. The SMILES string of the molecule is CC(C)(C)OC(=O)NC(C)(CC(=O)O)c1ccc(Br)cc1. The lowest BCUT2D eigenvalue weighted by Gasteiger charge is -2.31. The molecule has 21 heavy (non-hydrogen) atoms. The molecule has 0 fully saturated rings. The highest BCUT2D eigenvalue weighted by molar-refractivity contribution is 9.10. The van der Waals surface area contributed by atoms with Gasteiger partial charge in [0.1, 0.15) is 5.60 Å². The molecule has 1 rings (SSSR count). The number of rotatable bonds is 4. The van der Waals surface area contributed by atoms with Gasteiger partial charge in [-0.3, -0.25) is 4.79 Å². The predicted molar refractivity (Wildman–Crippen MR) is 83.1 cm³/mol. The maximum absolute atomic E-state index is 12.0. The first-order valence-corrected chi connectivity index (χ1v) is 7.30. The first-order chi connectivity index (χ1) is 9.52. The molecule has 0 aliphatic heterocycles. The van der Waals surface area contributed by atoms with Gasteiger partial charge in [0.2, 0.25) is 0 Å². The minimum atomic E-state index is -1.05. The van der Waals surface area contributed by atoms with Crippen LogP contribution < -0.4 is 5.32 Å². The number of hydrogen-bond donors (Lipinski definition) is 2. The number of amides is 1. The Hall–Kier alpha value is -1.56. The van der Waals surface area contributed by atoms with Gasteiger partial charge in [-0.2, -0.15) is 0 Å². The van der Waals surface area contributed by atoms with E-state index in [1.165, 1.54) is 0 Å². The topological polar surface area (TPSA) is 75.6 Å². The van der Waals surface area contributed by atoms with Gasteiger partial charge in [-0.25, -0.2) is 4.79 Å². The van der Waals surface area contributed by atoms with Crippen molar-refractivity contribution in [2.75, 3.05) is 0 Å². The smallest absolute Gasteiger partial charge is 0.408 e. The molecule has 5 nitrogen and oxygen atoms in total. The van der Waals surface area contributed by atoms with E-state index in [1.807, 2.05) is 0 Å². The zero-order chi connectivity index (χ0) is 16.3. The number of nitrogens with one attached hydrogen (secondary N) is 1. The first kappa shape index (κ1) is 17.5. The van der Waals surface area contributed by atoms with Gasteiger partial charge >= 0.3 is 12.1 Å². The molecule has 116 valence electrons. The Kier molecular flexibility index (Phi) is 5.39. The number of carbonyl (C=O) groups excluding carboxylic acids is 1. The van der Waals surface area contributed by atoms with E-state index in [4.69, 9.17) is 9.84 Å². The molecule has 0 aromatic heterocycles. The van der Waals surface area contributed by atoms with E-state index < -0.39 is 23.2 Å². The van der Waals surface area contributed by atoms with Crippen LogP contribution >= 0.6 is 15.9 Å². The summed E-state index contributed by atoms with van der Waals surface area (Å²) in [5.74, 6) is -1.00. The van der Waals surface area contributed by atoms with Crippen molar-refractivity contribution in [3.05, 3.63) is 34.3 Å². The summed E-state index contributed by atoms with van der Waals surface area (Å²) in [7, 11) is 0. The number of halogens is 1. The molecular weight excluding hydrogens is 338 g/mol. The maximum Gasteiger partial charge on any atom is 0.408 e. The lowest BCUT2D eigenvalue weighted by Crippen LogP contribution is -2.47. The summed E-state index contributed by atoms with van der Waals surface area (Å²) in [5.41, 5.74) is -0.998. The van der Waals surface area contributed by atoms with Crippen molar-refractivity contribution in [2.24, 2.45) is 0 Å². The van der Waals surface area contributed by atoms with Gasteiger partial charge in [0.25, 0.3) is 0 Å². The van der Waals surface area contributed by atoms with Gasteiger partial charge in [-0.1, -0.05) is 28.1 Å². The molecule has 0 heterocycles. The third-order valence-electron chi connectivity index (χ3n) is 2.76. The second-order valence-corrected chi connectivity index (χ2v) is 6.95. The molecule has 0 aliphatic carbocycles. The van der Waals surface area contributed by atoms with Crippen LogP contribution in [0.2, 0.25) is 0 Å². The molecule has 1 unspecified atom stereocenters. The molecule has 0 aliphatic rings. The summed E-state index contributed by atoms with van der Waals surface area (Å²) in [6.45, 7) is 6.91. The Morgan fingerprint density at radius 3 is 2.14 bits per heavy atom. The van der Waals surface area contributed by atoms with Crippen LogP contribution in [-0.4, -0.2) is 22.8 Å². The molecular formula is C15H20BrNO4. The number of carboxylic acids is 1. The fourth-order valence-corrected chi connectivity index (χ4v) is 2.13. The van der Waals surface area contributed by atoms with E-state index in [-0.39, 0.29) is 6.42 Å². The number of carboxylic acid groups (broad SMARTS) is 1. The Morgan fingerprint density at radius 2 is 1.71 bits per heavy atom. The highest BCUT2D eigenvalue weighted by Gasteiger charge is 2.33. The molecule has 0 saturated heterocycles. The number of aliphatic carboxylic acids is 1. The van der Waals surface area contributed by atoms with Gasteiger partial charge in [0.15, 0.2) is 0 Å². The summed E-state index contributed by atoms with van der Waals surface area (Å²) in [6, 6.07) is 7.13. The molecule has 1 atom stereocenters. The van der Waals surface area contributed by atoms with Crippen LogP contribution in [0.25, 0.3) is 0 Å². The molecule has 0 bridgehead atoms. The average Bonchev–Trinajstić information content (AvgIpc) is 2.25. The number of benzene rings is 1. The zero-order valence-corrected chi connectivity index (χ0v) is 14.2. The third-order valence-corrected chi connectivity index (χ3v) is 3.29. The number of alkyl carbamates (subject to hydrolysis) is 1. The van der Waals surface area contributed by atoms with Gasteiger partial charge in [-0.15, -0.1) is 0 Å². The molecule has 0 radical (unpaired) electrons. The number of ether oxygens (including phenoxy) is 1. The van der Waals surface area contributed by atoms with Gasteiger partial charge < -0.3 is 15.2 Å². The normalized spacial score (nSPS) is 14.1. The Labute approximate surface area is 132 Å². The second-order valence-electron chi connectivity index (χ2n) is 6.04. The predicted octanol–water partition coefficient (Wildman–Crippen LogP) is 3.66. The maximum atomic E-state index is 12.0. The Morgan fingerprint density at radius 1 is 1.19 bits per heavy atom. The lowest BCUT2D eigenvalue weighted by atomic mass is 9.89. The van der Waals surface area contributed by atoms with Crippen LogP contribution in [0, 0.1) is 0 Å². The minimum Gasteiger partial charge on any atom is -0.481 e. The molecule has 2 N–H and O–H groups in total. The standard InChI is InChI=1S/C15H20BrNO4/c1-14(2,3)21-13(20)17-15(4,9-12(18)19)10-5-7-11(16)8-6-10/h5-8H,9H2,1-4H3,(H,17,20)(H,18,19). The van der Waals surface area contributed by atoms with E-state index >= 15 is 0 Å². The van der Waals surface area contributed by atoms with Crippen LogP contribution in [0.3, 0.4) is 0 Å². The highest BCUT2D eigenvalue weighted by Crippen LogP contribution is 2.27. The van der Waals surface area contributed by atoms with E-state index in [2.05, 4.69) is 21.2 Å². The first-order valence-electron chi connectivity index (χ1n) is 6.51. The van der Waals surface area contributed by atoms with E-state index in [1.54, 1.807) is 52.0 Å². The monoisotopic (exact) mass is 357 g/mol. The van der Waals surface area contributed by atoms with Crippen molar-refractivity contribution in [1.82, 2.24) is 5.32 Å². The van der Waals surface area contributed by atoms with Crippen molar-refractivity contribution < 1.29 is 19.4 Å². The minimum absolute atomic E-state index is 0.242. The van der Waals surface area contributed by atoms with Crippen LogP contribution in [0.1, 0.15) is 39.7 Å². The van der Waals surface area contributed by atoms with Gasteiger partial charge in [0.05, 0.1) is 12.0 Å². The zero-order valence-electron chi connectivity index (χ0n) is 12.6. The Balaban J connectivity index is 3.01. The van der Waals surface area contributed by atoms with E-state index in [0.29, 0.717) is 5.56 Å². The molecule has 1 amide bonds. The summed E-state index contributed by atoms with van der Waals surface area (Å²) < 4.78 is 6.08. The quantitative estimate of drug-likeness (QED) is 0.861. The third kappa shape index (κ3) is 5.75. The van der Waals surface area contributed by atoms with Crippen molar-refractivity contribution in [1.29, 1.82) is 0 Å². The summed E-state index contributed by atoms with van der Waals surface area (Å²) >= 11 is 3.33. The van der Waals surface area contributed by atoms with E-state index in [9.17, 15) is 9.59 Å². The summed E-state index contributed by atoms with van der Waals surface area (Å²) in [4.78, 5) is 23.1. The molecule has 0 spiro atoms. The molecule has 6 heteroatoms. The number of hydrogen-bond acceptors (Lipinski definition) is 3. The van der Waals surface area contributed by atoms with Crippen molar-refractivity contribution in [2.45, 2.75) is 45.3 Å². The molecule has 0 saturated carbocycles. The molecule has 1 aromatic carbocycles. The van der Waals surface area contributed by atoms with Crippen LogP contribution in [0.4, 0.5) is 4.79 Å². The highest BCUT2D eigenvalue weighted by atomic mass is 79.9. The lowest BCUT2D eigenvalue weighted by molar-refractivity contribution is -0.138. The number of carbonyl (C=O) groups is 2. The van der Waals surface area contributed by atoms with Gasteiger partial charge in [0, 0.05) is 4.47 Å². The average molecular weight is 358 g/mol. The fraction of sp³-hybridized carbons (Fsp3) is 0.467. The molecule has 1 aromatic rings. The van der Waals surface area contributed by atoms with Crippen molar-refractivity contribution in [3.8, 4) is 0 Å². The van der Waals surface area contributed by atoms with Gasteiger partial charge in [-0.05, 0) is 45.4 Å². The summed E-state index contributed by atoms with van der Waals surface area (Å²) in [6.07, 6.45) is -0.886. The van der Waals surface area contributed by atoms with Crippen LogP contribution in [-0.2, 0) is 15.1 Å². The fourth-order valence-electron chi connectivity index (χ4n) is 1.87.